The molecule has 1 aromatic carbocycles. The number of benzene rings is 1. The molecule has 0 saturated heterocycles. The minimum absolute atomic E-state index is 0.357. The molecule has 2 aromatic rings. The monoisotopic (exact) mass is 350 g/mol. The molecule has 1 aromatic heterocycles. The molecule has 6 heteroatoms. The molecule has 0 radical (unpaired) electrons. The van der Waals surface area contributed by atoms with E-state index in [0.29, 0.717) is 22.3 Å². The molecule has 0 spiro atoms. The minimum Gasteiger partial charge on any atom is -0.477 e. The van der Waals surface area contributed by atoms with Gasteiger partial charge in [-0.3, -0.25) is 0 Å². The van der Waals surface area contributed by atoms with Gasteiger partial charge in [-0.1, -0.05) is 11.6 Å². The van der Waals surface area contributed by atoms with E-state index >= 15 is 0 Å². The van der Waals surface area contributed by atoms with Crippen LogP contribution >= 0.6 is 34.2 Å². The number of hydrogen-bond acceptors (Lipinski definition) is 4. The summed E-state index contributed by atoms with van der Waals surface area (Å²) in [4.78, 5) is 8.62. The molecule has 0 unspecified atom stereocenters. The zero-order chi connectivity index (χ0) is 11.7. The molecule has 2 rings (SSSR count). The number of rotatable bonds is 2. The van der Waals surface area contributed by atoms with Crippen molar-refractivity contribution < 1.29 is 9.47 Å². The predicted molar refractivity (Wildman–Crippen MR) is 70.4 cm³/mol. The molecule has 16 heavy (non-hydrogen) atoms. The molecular formula is C10H8ClIN2O2. The van der Waals surface area contributed by atoms with Gasteiger partial charge in [-0.2, -0.15) is 0 Å². The van der Waals surface area contributed by atoms with E-state index in [0.717, 1.165) is 9.09 Å². The third kappa shape index (κ3) is 1.89. The van der Waals surface area contributed by atoms with Crippen LogP contribution in [0, 0.1) is 3.57 Å². The molecule has 0 aliphatic carbocycles. The Morgan fingerprint density at radius 2 is 1.75 bits per heavy atom. The Bertz CT molecular complexity index is 548. The third-order valence-electron chi connectivity index (χ3n) is 2.05. The van der Waals surface area contributed by atoms with Crippen molar-refractivity contribution in [3.05, 3.63) is 20.7 Å². The normalized spacial score (nSPS) is 10.5. The van der Waals surface area contributed by atoms with E-state index in [1.165, 1.54) is 14.2 Å². The van der Waals surface area contributed by atoms with Gasteiger partial charge < -0.3 is 9.47 Å². The maximum atomic E-state index is 6.01. The van der Waals surface area contributed by atoms with E-state index in [4.69, 9.17) is 21.1 Å². The molecule has 0 aliphatic heterocycles. The average Bonchev–Trinajstić information content (AvgIpc) is 2.32. The van der Waals surface area contributed by atoms with Crippen LogP contribution in [0.2, 0.25) is 5.02 Å². The Morgan fingerprint density at radius 3 is 2.38 bits per heavy atom. The molecule has 0 amide bonds. The van der Waals surface area contributed by atoms with Gasteiger partial charge in [0.15, 0.2) is 0 Å². The summed E-state index contributed by atoms with van der Waals surface area (Å²) in [5.41, 5.74) is 1.44. The fourth-order valence-electron chi connectivity index (χ4n) is 1.30. The second kappa shape index (κ2) is 4.58. The van der Waals surface area contributed by atoms with Gasteiger partial charge in [0.1, 0.15) is 5.52 Å². The van der Waals surface area contributed by atoms with Gasteiger partial charge in [0, 0.05) is 0 Å². The number of hydrogen-bond donors (Lipinski definition) is 0. The average molecular weight is 351 g/mol. The van der Waals surface area contributed by atoms with Crippen LogP contribution in [0.1, 0.15) is 0 Å². The molecule has 0 aliphatic rings. The smallest absolute Gasteiger partial charge is 0.278 e. The first-order valence-corrected chi connectivity index (χ1v) is 5.86. The Labute approximate surface area is 111 Å². The Morgan fingerprint density at radius 1 is 1.12 bits per heavy atom. The van der Waals surface area contributed by atoms with Crippen LogP contribution in [-0.2, 0) is 0 Å². The molecule has 0 atom stereocenters. The van der Waals surface area contributed by atoms with Crippen molar-refractivity contribution >= 4 is 45.2 Å². The summed E-state index contributed by atoms with van der Waals surface area (Å²) in [5, 5.41) is 0.648. The van der Waals surface area contributed by atoms with E-state index in [-0.39, 0.29) is 0 Å². The molecule has 0 bridgehead atoms. The van der Waals surface area contributed by atoms with Crippen LogP contribution in [-0.4, -0.2) is 24.2 Å². The van der Waals surface area contributed by atoms with Gasteiger partial charge in [-0.05, 0) is 34.7 Å². The summed E-state index contributed by atoms with van der Waals surface area (Å²) in [6.07, 6.45) is 0. The standard InChI is InChI=1S/C10H8ClIN2O2/c1-15-9-10(16-2)14-8-6(13-9)4-3-5(11)7(8)12/h3-4H,1-2H3. The SMILES string of the molecule is COc1nc2ccc(Cl)c(I)c2nc1OC. The van der Waals surface area contributed by atoms with Crippen molar-refractivity contribution in [2.45, 2.75) is 0 Å². The van der Waals surface area contributed by atoms with Crippen molar-refractivity contribution in [1.29, 1.82) is 0 Å². The number of methoxy groups -OCH3 is 2. The number of ether oxygens (including phenoxy) is 2. The summed E-state index contributed by atoms with van der Waals surface area (Å²) in [5.74, 6) is 0.725. The lowest BCUT2D eigenvalue weighted by Gasteiger charge is -2.08. The quantitative estimate of drug-likeness (QED) is 0.781. The summed E-state index contributed by atoms with van der Waals surface area (Å²) < 4.78 is 11.0. The summed E-state index contributed by atoms with van der Waals surface area (Å²) in [6.45, 7) is 0. The highest BCUT2D eigenvalue weighted by molar-refractivity contribution is 14.1. The van der Waals surface area contributed by atoms with Crippen molar-refractivity contribution in [1.82, 2.24) is 9.97 Å². The van der Waals surface area contributed by atoms with Gasteiger partial charge in [0.2, 0.25) is 0 Å². The van der Waals surface area contributed by atoms with Gasteiger partial charge in [-0.25, -0.2) is 9.97 Å². The van der Waals surface area contributed by atoms with Crippen molar-refractivity contribution in [2.24, 2.45) is 0 Å². The van der Waals surface area contributed by atoms with E-state index in [1.54, 1.807) is 12.1 Å². The van der Waals surface area contributed by atoms with E-state index in [9.17, 15) is 0 Å². The largest absolute Gasteiger partial charge is 0.477 e. The summed E-state index contributed by atoms with van der Waals surface area (Å²) >= 11 is 8.14. The van der Waals surface area contributed by atoms with Gasteiger partial charge in [-0.15, -0.1) is 0 Å². The van der Waals surface area contributed by atoms with Crippen LogP contribution < -0.4 is 9.47 Å². The van der Waals surface area contributed by atoms with Gasteiger partial charge >= 0.3 is 0 Å². The van der Waals surface area contributed by atoms with Crippen molar-refractivity contribution in [2.75, 3.05) is 14.2 Å². The van der Waals surface area contributed by atoms with E-state index in [2.05, 4.69) is 32.6 Å². The third-order valence-corrected chi connectivity index (χ3v) is 3.78. The molecule has 0 N–H and O–H groups in total. The lowest BCUT2D eigenvalue weighted by Crippen LogP contribution is -1.98. The number of fused-ring (bicyclic) bond motifs is 1. The van der Waals surface area contributed by atoms with E-state index in [1.807, 2.05) is 0 Å². The lowest BCUT2D eigenvalue weighted by molar-refractivity contribution is 0.334. The van der Waals surface area contributed by atoms with Gasteiger partial charge in [0.05, 0.1) is 28.3 Å². The predicted octanol–water partition coefficient (Wildman–Crippen LogP) is 2.91. The molecule has 0 fully saturated rings. The van der Waals surface area contributed by atoms with Crippen LogP contribution in [0.3, 0.4) is 0 Å². The maximum absolute atomic E-state index is 6.01. The zero-order valence-electron chi connectivity index (χ0n) is 8.62. The second-order valence-corrected chi connectivity index (χ2v) is 4.46. The Kier molecular flexibility index (Phi) is 3.34. The Hall–Kier alpha value is -0.820. The molecular weight excluding hydrogens is 342 g/mol. The first kappa shape index (κ1) is 11.7. The zero-order valence-corrected chi connectivity index (χ0v) is 11.5. The minimum atomic E-state index is 0.357. The number of nitrogens with zero attached hydrogens (tertiary/aromatic N) is 2. The van der Waals surface area contributed by atoms with Crippen LogP contribution in [0.15, 0.2) is 12.1 Å². The highest BCUT2D eigenvalue weighted by Gasteiger charge is 2.12. The lowest BCUT2D eigenvalue weighted by atomic mass is 10.3. The Balaban J connectivity index is 2.78. The van der Waals surface area contributed by atoms with Gasteiger partial charge in [0.25, 0.3) is 11.8 Å². The number of aromatic nitrogens is 2. The van der Waals surface area contributed by atoms with Crippen LogP contribution in [0.5, 0.6) is 11.8 Å². The fraction of sp³-hybridized carbons (Fsp3) is 0.200. The van der Waals surface area contributed by atoms with Crippen molar-refractivity contribution in [3.8, 4) is 11.8 Å². The van der Waals surface area contributed by atoms with Crippen LogP contribution in [0.25, 0.3) is 11.0 Å². The maximum Gasteiger partial charge on any atom is 0.278 e. The number of halogens is 2. The first-order chi connectivity index (χ1) is 7.67. The summed E-state index contributed by atoms with van der Waals surface area (Å²) in [7, 11) is 3.05. The summed E-state index contributed by atoms with van der Waals surface area (Å²) in [6, 6.07) is 3.58. The molecule has 1 heterocycles. The van der Waals surface area contributed by atoms with E-state index < -0.39 is 0 Å². The second-order valence-electron chi connectivity index (χ2n) is 2.97. The molecule has 84 valence electrons. The molecule has 0 saturated carbocycles. The van der Waals surface area contributed by atoms with Crippen molar-refractivity contribution in [3.63, 3.8) is 0 Å². The highest BCUT2D eigenvalue weighted by Crippen LogP contribution is 2.30. The highest BCUT2D eigenvalue weighted by atomic mass is 127. The molecule has 4 nitrogen and oxygen atoms in total. The fourth-order valence-corrected chi connectivity index (χ4v) is 2.03. The topological polar surface area (TPSA) is 44.2 Å². The first-order valence-electron chi connectivity index (χ1n) is 4.41. The van der Waals surface area contributed by atoms with Crippen LogP contribution in [0.4, 0.5) is 0 Å².